The number of nitrogens with zero attached hydrogens (tertiary/aromatic N) is 1. The largest absolute Gasteiger partial charge is 0.377 e. The van der Waals surface area contributed by atoms with Gasteiger partial charge in [0, 0.05) is 13.1 Å². The quantitative estimate of drug-likeness (QED) is 0.612. The molecule has 0 aromatic heterocycles. The van der Waals surface area contributed by atoms with Crippen molar-refractivity contribution in [3.8, 4) is 0 Å². The van der Waals surface area contributed by atoms with Crippen molar-refractivity contribution < 1.29 is 13.0 Å². The minimum Gasteiger partial charge on any atom is -0.377 e. The molecule has 0 aromatic rings. The summed E-state index contributed by atoms with van der Waals surface area (Å²) in [5.41, 5.74) is 1.63. The topological polar surface area (TPSA) is 57.6 Å². The highest BCUT2D eigenvalue weighted by atomic mass is 32.2. The Balaban J connectivity index is 0.000000437. The van der Waals surface area contributed by atoms with Crippen molar-refractivity contribution in [2.75, 3.05) is 19.3 Å². The normalized spacial score (nSPS) is 15.3. The number of hydrogen-bond donors (Lipinski definition) is 1. The Hall–Kier alpha value is -0.550. The smallest absolute Gasteiger partial charge is 0.261 e. The van der Waals surface area contributed by atoms with Crippen LogP contribution in [-0.4, -0.2) is 37.2 Å². The summed E-state index contributed by atoms with van der Waals surface area (Å²) in [5.74, 6) is 0. The van der Waals surface area contributed by atoms with Crippen LogP contribution in [0.25, 0.3) is 0 Å². The van der Waals surface area contributed by atoms with E-state index in [2.05, 4.69) is 24.9 Å². The Labute approximate surface area is 105 Å². The lowest BCUT2D eigenvalue weighted by Crippen LogP contribution is -2.15. The van der Waals surface area contributed by atoms with Crippen LogP contribution in [0.1, 0.15) is 46.0 Å². The van der Waals surface area contributed by atoms with Crippen molar-refractivity contribution in [3.05, 3.63) is 11.8 Å². The number of hydrogen-bond acceptors (Lipinski definition) is 3. The average molecular weight is 263 g/mol. The maximum absolute atomic E-state index is 9.19. The molecular weight excluding hydrogens is 238 g/mol. The maximum Gasteiger partial charge on any atom is 0.261 e. The van der Waals surface area contributed by atoms with Gasteiger partial charge in [-0.15, -0.1) is 0 Å². The molecule has 17 heavy (non-hydrogen) atoms. The molecule has 0 fully saturated rings. The Morgan fingerprint density at radius 1 is 1.35 bits per heavy atom. The first-order valence-corrected chi connectivity index (χ1v) is 8.07. The first kappa shape index (κ1) is 16.4. The fourth-order valence-corrected chi connectivity index (χ4v) is 1.68. The Morgan fingerprint density at radius 3 is 2.35 bits per heavy atom. The lowest BCUT2D eigenvalue weighted by atomic mass is 10.2. The van der Waals surface area contributed by atoms with Crippen molar-refractivity contribution >= 4 is 10.1 Å². The fourth-order valence-electron chi connectivity index (χ4n) is 1.68. The third-order valence-corrected chi connectivity index (χ3v) is 2.59. The van der Waals surface area contributed by atoms with E-state index in [-0.39, 0.29) is 0 Å². The van der Waals surface area contributed by atoms with Gasteiger partial charge in [-0.3, -0.25) is 4.55 Å². The van der Waals surface area contributed by atoms with Gasteiger partial charge in [-0.2, -0.15) is 8.42 Å². The molecule has 0 spiro atoms. The second kappa shape index (κ2) is 8.53. The van der Waals surface area contributed by atoms with E-state index in [1.807, 2.05) is 0 Å². The summed E-state index contributed by atoms with van der Waals surface area (Å²) < 4.78 is 25.9. The second-order valence-corrected chi connectivity index (χ2v) is 5.83. The van der Waals surface area contributed by atoms with Gasteiger partial charge in [0.15, 0.2) is 0 Å². The number of rotatable bonds is 5. The van der Waals surface area contributed by atoms with E-state index in [4.69, 9.17) is 4.55 Å². The monoisotopic (exact) mass is 263 g/mol. The molecule has 0 amide bonds. The molecule has 0 bridgehead atoms. The minimum absolute atomic E-state index is 0.715. The van der Waals surface area contributed by atoms with E-state index >= 15 is 0 Å². The zero-order valence-electron chi connectivity index (χ0n) is 11.1. The lowest BCUT2D eigenvalue weighted by molar-refractivity contribution is 0.392. The van der Waals surface area contributed by atoms with Crippen LogP contribution in [0.3, 0.4) is 0 Å². The van der Waals surface area contributed by atoms with Crippen LogP contribution in [0.2, 0.25) is 0 Å². The lowest BCUT2D eigenvalue weighted by Gasteiger charge is -2.13. The minimum atomic E-state index is -3.67. The second-order valence-electron chi connectivity index (χ2n) is 4.37. The summed E-state index contributed by atoms with van der Waals surface area (Å²) >= 11 is 0. The van der Waals surface area contributed by atoms with E-state index in [1.54, 1.807) is 5.57 Å². The highest BCUT2D eigenvalue weighted by Gasteiger charge is 2.09. The SMILES string of the molecule is CCCCCN1C=C(CC)CC1.CS(=O)(=O)O. The van der Waals surface area contributed by atoms with E-state index in [0.717, 1.165) is 0 Å². The molecule has 0 unspecified atom stereocenters. The van der Waals surface area contributed by atoms with E-state index in [0.29, 0.717) is 6.26 Å². The van der Waals surface area contributed by atoms with Crippen molar-refractivity contribution in [3.63, 3.8) is 0 Å². The van der Waals surface area contributed by atoms with Crippen LogP contribution in [-0.2, 0) is 10.1 Å². The van der Waals surface area contributed by atoms with E-state index in [9.17, 15) is 8.42 Å². The molecule has 1 aliphatic heterocycles. The van der Waals surface area contributed by atoms with Crippen molar-refractivity contribution in [1.82, 2.24) is 4.90 Å². The fraction of sp³-hybridized carbons (Fsp3) is 0.833. The molecular formula is C12H25NO3S. The van der Waals surface area contributed by atoms with Crippen molar-refractivity contribution in [1.29, 1.82) is 0 Å². The molecule has 0 aromatic carbocycles. The third-order valence-electron chi connectivity index (χ3n) is 2.59. The predicted octanol–water partition coefficient (Wildman–Crippen LogP) is 2.68. The molecule has 1 rings (SSSR count). The molecule has 102 valence electrons. The average Bonchev–Trinajstić information content (AvgIpc) is 2.64. The Morgan fingerprint density at radius 2 is 1.94 bits per heavy atom. The van der Waals surface area contributed by atoms with Gasteiger partial charge in [-0.25, -0.2) is 0 Å². The standard InChI is InChI=1S/C11H21N.CH4O3S/c1-3-5-6-8-12-9-7-11(4-2)10-12;1-5(2,3)4/h10H,3-9H2,1-2H3;1H3,(H,2,3,4). The zero-order chi connectivity index (χ0) is 13.3. The van der Waals surface area contributed by atoms with E-state index < -0.39 is 10.1 Å². The molecule has 0 saturated carbocycles. The molecule has 1 N–H and O–H groups in total. The highest BCUT2D eigenvalue weighted by molar-refractivity contribution is 7.85. The summed E-state index contributed by atoms with van der Waals surface area (Å²) in [7, 11) is -3.67. The number of unbranched alkanes of at least 4 members (excludes halogenated alkanes) is 2. The van der Waals surface area contributed by atoms with Gasteiger partial charge in [0.25, 0.3) is 10.1 Å². The van der Waals surface area contributed by atoms with Gasteiger partial charge in [-0.1, -0.05) is 32.3 Å². The predicted molar refractivity (Wildman–Crippen MR) is 71.6 cm³/mol. The molecule has 5 heteroatoms. The summed E-state index contributed by atoms with van der Waals surface area (Å²) in [5, 5.41) is 0. The van der Waals surface area contributed by atoms with Gasteiger partial charge in [0.1, 0.15) is 0 Å². The summed E-state index contributed by atoms with van der Waals surface area (Å²) in [6.45, 7) is 7.06. The van der Waals surface area contributed by atoms with Gasteiger partial charge < -0.3 is 4.90 Å². The summed E-state index contributed by atoms with van der Waals surface area (Å²) in [6.07, 6.45) is 9.71. The van der Waals surface area contributed by atoms with Crippen LogP contribution in [0.5, 0.6) is 0 Å². The van der Waals surface area contributed by atoms with Gasteiger partial charge in [0.2, 0.25) is 0 Å². The molecule has 1 aliphatic rings. The summed E-state index contributed by atoms with van der Waals surface area (Å²) in [6, 6.07) is 0. The van der Waals surface area contributed by atoms with Crippen LogP contribution in [0, 0.1) is 0 Å². The van der Waals surface area contributed by atoms with Crippen molar-refractivity contribution in [2.45, 2.75) is 46.0 Å². The third kappa shape index (κ3) is 11.7. The Bertz CT molecular complexity index is 315. The first-order valence-electron chi connectivity index (χ1n) is 6.22. The van der Waals surface area contributed by atoms with Crippen LogP contribution >= 0.6 is 0 Å². The van der Waals surface area contributed by atoms with Gasteiger partial charge in [0.05, 0.1) is 6.26 Å². The van der Waals surface area contributed by atoms with Crippen LogP contribution in [0.15, 0.2) is 11.8 Å². The zero-order valence-corrected chi connectivity index (χ0v) is 12.0. The molecule has 0 atom stereocenters. The highest BCUT2D eigenvalue weighted by Crippen LogP contribution is 2.17. The van der Waals surface area contributed by atoms with Crippen LogP contribution < -0.4 is 0 Å². The van der Waals surface area contributed by atoms with Gasteiger partial charge in [-0.05, 0) is 25.5 Å². The molecule has 0 aliphatic carbocycles. The van der Waals surface area contributed by atoms with Crippen LogP contribution in [0.4, 0.5) is 0 Å². The molecule has 1 heterocycles. The van der Waals surface area contributed by atoms with Gasteiger partial charge >= 0.3 is 0 Å². The molecule has 4 nitrogen and oxygen atoms in total. The van der Waals surface area contributed by atoms with E-state index in [1.165, 1.54) is 45.2 Å². The van der Waals surface area contributed by atoms with Crippen molar-refractivity contribution in [2.24, 2.45) is 0 Å². The summed E-state index contributed by atoms with van der Waals surface area (Å²) in [4.78, 5) is 2.48. The molecule has 0 saturated heterocycles. The Kier molecular flexibility index (Phi) is 8.25. The first-order chi connectivity index (χ1) is 7.86. The maximum atomic E-state index is 9.19. The molecule has 0 radical (unpaired) electrons.